The Kier molecular flexibility index (Phi) is 6.23. The zero-order chi connectivity index (χ0) is 13.5. The Hall–Kier alpha value is -0.496. The zero-order valence-electron chi connectivity index (χ0n) is 10.00. The summed E-state index contributed by atoms with van der Waals surface area (Å²) in [4.78, 5) is 2.85. The minimum atomic E-state index is -0.973. The van der Waals surface area contributed by atoms with Crippen LogP contribution in [0.15, 0.2) is 60.7 Å². The maximum atomic E-state index is 5.69. The van der Waals surface area contributed by atoms with E-state index < -0.39 is 19.5 Å². The van der Waals surface area contributed by atoms with E-state index in [9.17, 15) is 0 Å². The number of hydrogen-bond donors (Lipinski definition) is 0. The molecule has 19 heavy (non-hydrogen) atoms. The van der Waals surface area contributed by atoms with Crippen LogP contribution < -0.4 is 10.6 Å². The van der Waals surface area contributed by atoms with Crippen LogP contribution in [0.3, 0.4) is 0 Å². The molecule has 0 spiro atoms. The summed E-state index contributed by atoms with van der Waals surface area (Å²) in [5.41, 5.74) is 0. The molecule has 0 bridgehead atoms. The monoisotopic (exact) mass is 351 g/mol. The molecule has 0 heterocycles. The summed E-state index contributed by atoms with van der Waals surface area (Å²) in [6.45, 7) is 0. The first-order chi connectivity index (χ1) is 9.27. The quantitative estimate of drug-likeness (QED) is 0.445. The number of hydrogen-bond acceptors (Lipinski definition) is 0. The van der Waals surface area contributed by atoms with Crippen LogP contribution in [-0.2, 0) is 11.6 Å². The molecule has 2 rings (SSSR count). The van der Waals surface area contributed by atoms with Crippen LogP contribution in [0, 0.1) is 10.8 Å². The topological polar surface area (TPSA) is 0 Å². The van der Waals surface area contributed by atoms with Crippen LogP contribution in [0.5, 0.6) is 0 Å². The third-order valence-electron chi connectivity index (χ3n) is 2.49. The molecule has 0 saturated carbocycles. The molecule has 0 amide bonds. The van der Waals surface area contributed by atoms with Crippen LogP contribution in [0.1, 0.15) is 0 Å². The molecule has 0 nitrogen and oxygen atoms in total. The van der Waals surface area contributed by atoms with Gasteiger partial charge in [-0.3, -0.25) is 0 Å². The molecular formula is C15H12Cl2NiP. The zero-order valence-corrected chi connectivity index (χ0v) is 13.4. The molecule has 101 valence electrons. The maximum absolute atomic E-state index is 5.69. The van der Waals surface area contributed by atoms with Crippen molar-refractivity contribution in [2.45, 2.75) is 0 Å². The molecule has 2 aromatic rings. The summed E-state index contributed by atoms with van der Waals surface area (Å²) in [5, 5.41) is 2.65. The van der Waals surface area contributed by atoms with Gasteiger partial charge in [-0.05, 0) is 0 Å². The predicted octanol–water partition coefficient (Wildman–Crippen LogP) is 4.01. The SMILES string of the molecule is [Cl][Ni]([Cl])[C]#CCP(c1ccccc1)c1ccccc1. The van der Waals surface area contributed by atoms with Crippen molar-refractivity contribution in [3.05, 3.63) is 60.7 Å². The Bertz CT molecular complexity index is 521. The van der Waals surface area contributed by atoms with Gasteiger partial charge in [0.25, 0.3) is 0 Å². The number of benzene rings is 2. The Labute approximate surface area is 128 Å². The molecule has 0 unspecified atom stereocenters. The first-order valence-electron chi connectivity index (χ1n) is 5.59. The van der Waals surface area contributed by atoms with Crippen LogP contribution in [-0.4, -0.2) is 6.16 Å². The van der Waals surface area contributed by atoms with Crippen molar-refractivity contribution in [1.29, 1.82) is 0 Å². The fourth-order valence-electron chi connectivity index (χ4n) is 1.69. The number of rotatable bonds is 3. The first kappa shape index (κ1) is 14.9. The van der Waals surface area contributed by atoms with E-state index in [4.69, 9.17) is 20.4 Å². The second-order valence-electron chi connectivity index (χ2n) is 3.68. The second kappa shape index (κ2) is 7.94. The summed E-state index contributed by atoms with van der Waals surface area (Å²) in [6.07, 6.45) is 0.788. The predicted molar refractivity (Wildman–Crippen MR) is 83.4 cm³/mol. The van der Waals surface area contributed by atoms with Gasteiger partial charge in [-0.25, -0.2) is 0 Å². The summed E-state index contributed by atoms with van der Waals surface area (Å²) in [6, 6.07) is 20.9. The molecular weight excluding hydrogens is 341 g/mol. The van der Waals surface area contributed by atoms with Gasteiger partial charge in [0.05, 0.1) is 0 Å². The molecule has 0 fully saturated rings. The normalized spacial score (nSPS) is 10.8. The molecule has 0 aliphatic heterocycles. The fourth-order valence-corrected chi connectivity index (χ4v) is 4.34. The molecule has 0 aliphatic carbocycles. The summed E-state index contributed by atoms with van der Waals surface area (Å²) >= 11 is -0.973. The Balaban J connectivity index is 2.27. The van der Waals surface area contributed by atoms with Crippen LogP contribution >= 0.6 is 28.3 Å². The van der Waals surface area contributed by atoms with Crippen LogP contribution in [0.4, 0.5) is 0 Å². The van der Waals surface area contributed by atoms with Crippen molar-refractivity contribution in [1.82, 2.24) is 0 Å². The van der Waals surface area contributed by atoms with Gasteiger partial charge in [0, 0.05) is 0 Å². The summed E-state index contributed by atoms with van der Waals surface area (Å²) in [7, 11) is 10.9. The van der Waals surface area contributed by atoms with Gasteiger partial charge in [0.15, 0.2) is 0 Å². The molecule has 0 aromatic heterocycles. The Morgan fingerprint density at radius 1 is 0.842 bits per heavy atom. The molecule has 0 radical (unpaired) electrons. The molecule has 4 heteroatoms. The van der Waals surface area contributed by atoms with E-state index in [1.165, 1.54) is 10.6 Å². The average Bonchev–Trinajstić information content (AvgIpc) is 2.45. The van der Waals surface area contributed by atoms with Crippen molar-refractivity contribution in [3.8, 4) is 10.8 Å². The Morgan fingerprint density at radius 2 is 1.32 bits per heavy atom. The third kappa shape index (κ3) is 4.83. The summed E-state index contributed by atoms with van der Waals surface area (Å²) in [5.74, 6) is 3.12. The summed E-state index contributed by atoms with van der Waals surface area (Å²) < 4.78 is 0. The van der Waals surface area contributed by atoms with Crippen molar-refractivity contribution in [2.24, 2.45) is 0 Å². The second-order valence-corrected chi connectivity index (χ2v) is 9.12. The minimum absolute atomic E-state index is 0.466. The van der Waals surface area contributed by atoms with Gasteiger partial charge in [0.2, 0.25) is 0 Å². The van der Waals surface area contributed by atoms with Gasteiger partial charge in [-0.2, -0.15) is 0 Å². The molecule has 0 saturated heterocycles. The van der Waals surface area contributed by atoms with Crippen LogP contribution in [0.2, 0.25) is 0 Å². The van der Waals surface area contributed by atoms with Gasteiger partial charge >= 0.3 is 128 Å². The average molecular weight is 353 g/mol. The number of halogens is 2. The van der Waals surface area contributed by atoms with E-state index >= 15 is 0 Å². The Morgan fingerprint density at radius 3 is 1.74 bits per heavy atom. The van der Waals surface area contributed by atoms with E-state index in [0.717, 1.165) is 6.16 Å². The van der Waals surface area contributed by atoms with Crippen molar-refractivity contribution >= 4 is 38.9 Å². The first-order valence-corrected chi connectivity index (χ1v) is 10.3. The van der Waals surface area contributed by atoms with E-state index in [1.807, 2.05) is 12.1 Å². The van der Waals surface area contributed by atoms with Crippen molar-refractivity contribution in [3.63, 3.8) is 0 Å². The molecule has 2 aromatic carbocycles. The standard InChI is InChI=1S/C15H12P.2ClH.Ni/c1-2-13-16(14-9-5-3-6-10-14)15-11-7-4-8-12-15;;;/h3-12H,13H2;2*1H;/q;;;+2/p-2. The van der Waals surface area contributed by atoms with Crippen LogP contribution in [0.25, 0.3) is 0 Å². The fraction of sp³-hybridized carbons (Fsp3) is 0.0667. The van der Waals surface area contributed by atoms with Crippen molar-refractivity contribution < 1.29 is 11.6 Å². The van der Waals surface area contributed by atoms with Gasteiger partial charge in [-0.1, -0.05) is 0 Å². The van der Waals surface area contributed by atoms with E-state index in [2.05, 4.69) is 59.3 Å². The van der Waals surface area contributed by atoms with Gasteiger partial charge < -0.3 is 0 Å². The van der Waals surface area contributed by atoms with E-state index in [0.29, 0.717) is 0 Å². The van der Waals surface area contributed by atoms with E-state index in [1.54, 1.807) is 0 Å². The molecule has 0 aliphatic rings. The van der Waals surface area contributed by atoms with Crippen molar-refractivity contribution in [2.75, 3.05) is 6.16 Å². The van der Waals surface area contributed by atoms with Gasteiger partial charge in [0.1, 0.15) is 0 Å². The van der Waals surface area contributed by atoms with E-state index in [-0.39, 0.29) is 0 Å². The molecule has 0 N–H and O–H groups in total. The van der Waals surface area contributed by atoms with Gasteiger partial charge in [-0.15, -0.1) is 0 Å². The molecule has 0 atom stereocenters. The third-order valence-corrected chi connectivity index (χ3v) is 5.66.